The molecule has 1 rings (SSSR count). The van der Waals surface area contributed by atoms with Crippen molar-refractivity contribution in [1.82, 2.24) is 5.32 Å². The van der Waals surface area contributed by atoms with Gasteiger partial charge in [-0.05, 0) is 32.6 Å². The van der Waals surface area contributed by atoms with Crippen molar-refractivity contribution in [3.8, 4) is 0 Å². The average Bonchev–Trinajstić information content (AvgIpc) is 2.57. The second-order valence-corrected chi connectivity index (χ2v) is 5.42. The van der Waals surface area contributed by atoms with Crippen molar-refractivity contribution in [2.24, 2.45) is 16.3 Å². The van der Waals surface area contributed by atoms with E-state index in [2.05, 4.69) is 10.3 Å². The molecule has 2 unspecified atom stereocenters. The summed E-state index contributed by atoms with van der Waals surface area (Å²) in [7, 11) is 0. The number of aliphatic hydroxyl groups is 2. The van der Waals surface area contributed by atoms with E-state index in [1.165, 1.54) is 0 Å². The van der Waals surface area contributed by atoms with Gasteiger partial charge in [-0.2, -0.15) is 0 Å². The summed E-state index contributed by atoms with van der Waals surface area (Å²) in [5.41, 5.74) is -1.15. The van der Waals surface area contributed by atoms with Crippen LogP contribution in [0.25, 0.3) is 0 Å². The van der Waals surface area contributed by atoms with E-state index in [4.69, 9.17) is 14.9 Å². The number of amides is 2. The van der Waals surface area contributed by atoms with Crippen molar-refractivity contribution in [3.63, 3.8) is 0 Å². The molecule has 0 aromatic heterocycles. The Hall–Kier alpha value is -0.510. The first kappa shape index (κ1) is 30.2. The summed E-state index contributed by atoms with van der Waals surface area (Å²) in [5, 5.41) is 28.3. The first-order chi connectivity index (χ1) is 11.8. The third-order valence-corrected chi connectivity index (χ3v) is 3.84. The van der Waals surface area contributed by atoms with Crippen LogP contribution in [-0.4, -0.2) is 54.5 Å². The van der Waals surface area contributed by atoms with Crippen LogP contribution in [0.1, 0.15) is 53.9 Å². The molecule has 0 aromatic carbocycles. The minimum Gasteiger partial charge on any atom is -0.846 e. The number of aliphatic imine (C=N–C) groups is 1. The minimum atomic E-state index is -1.15. The van der Waals surface area contributed by atoms with Crippen molar-refractivity contribution < 1.29 is 59.2 Å². The number of carbonyl (C=O) groups is 2. The molecule has 0 aliphatic carbocycles. The Bertz CT molecular complexity index is 416. The van der Waals surface area contributed by atoms with Crippen molar-refractivity contribution in [2.45, 2.75) is 53.9 Å². The van der Waals surface area contributed by atoms with Gasteiger partial charge in [0.15, 0.2) is 0 Å². The quantitative estimate of drug-likeness (QED) is 0.321. The second-order valence-electron chi connectivity index (χ2n) is 5.42. The van der Waals surface area contributed by atoms with Gasteiger partial charge < -0.3 is 25.4 Å². The molecule has 8 nitrogen and oxygen atoms in total. The van der Waals surface area contributed by atoms with Crippen LogP contribution in [-0.2, 0) is 14.3 Å². The topological polar surface area (TPSA) is 131 Å². The number of nitrogens with zero attached hydrogens (tertiary/aromatic N) is 1. The van der Waals surface area contributed by atoms with Crippen LogP contribution in [0, 0.1) is 11.3 Å². The first-order valence-corrected chi connectivity index (χ1v) is 8.73. The van der Waals surface area contributed by atoms with Crippen LogP contribution < -0.4 is 40.0 Å². The number of aliphatic hydroxyl groups excluding tert-OH is 2. The minimum absolute atomic E-state index is 0. The zero-order valence-electron chi connectivity index (χ0n) is 17.0. The molecule has 9 heteroatoms. The summed E-state index contributed by atoms with van der Waals surface area (Å²) in [6, 6.07) is -0.845. The van der Waals surface area contributed by atoms with Crippen molar-refractivity contribution in [3.05, 3.63) is 0 Å². The van der Waals surface area contributed by atoms with Gasteiger partial charge in [-0.3, -0.25) is 9.59 Å². The number of ether oxygens (including phenoxy) is 1. The Labute approximate surface area is 178 Å². The number of hydrogen-bond acceptors (Lipinski definition) is 6. The Balaban J connectivity index is -0.000000443. The van der Waals surface area contributed by atoms with Gasteiger partial charge in [-0.15, -0.1) is 0 Å². The molecule has 2 amide bonds. The van der Waals surface area contributed by atoms with Gasteiger partial charge in [-0.1, -0.05) is 27.2 Å². The summed E-state index contributed by atoms with van der Waals surface area (Å²) >= 11 is 0. The molecule has 0 bridgehead atoms. The van der Waals surface area contributed by atoms with E-state index < -0.39 is 23.3 Å². The van der Waals surface area contributed by atoms with E-state index in [9.17, 15) is 14.7 Å². The van der Waals surface area contributed by atoms with Crippen molar-refractivity contribution >= 4 is 17.8 Å². The number of hydrogen-bond donors (Lipinski definition) is 3. The number of carbonyl (C=O) groups excluding carboxylic acids is 2. The van der Waals surface area contributed by atoms with Crippen LogP contribution in [0.2, 0.25) is 0 Å². The Kier molecular flexibility index (Phi) is 20.8. The van der Waals surface area contributed by atoms with E-state index in [1.807, 2.05) is 27.7 Å². The third kappa shape index (κ3) is 9.99. The summed E-state index contributed by atoms with van der Waals surface area (Å²) < 4.78 is 4.83. The molecule has 2 atom stereocenters. The molecular weight excluding hydrogens is 351 g/mol. The summed E-state index contributed by atoms with van der Waals surface area (Å²) in [6.07, 6.45) is 2.02. The fourth-order valence-corrected chi connectivity index (χ4v) is 2.50. The number of nitrogens with one attached hydrogen (secondary N) is 1. The Morgan fingerprint density at radius 2 is 1.65 bits per heavy atom. The van der Waals surface area contributed by atoms with Gasteiger partial charge in [0.2, 0.25) is 5.91 Å². The smallest absolute Gasteiger partial charge is 0.846 e. The monoisotopic (exact) mass is 384 g/mol. The molecule has 1 heterocycles. The third-order valence-electron chi connectivity index (χ3n) is 3.84. The maximum Gasteiger partial charge on any atom is 1.00 e. The van der Waals surface area contributed by atoms with Crippen LogP contribution >= 0.6 is 0 Å². The maximum absolute atomic E-state index is 11.9. The van der Waals surface area contributed by atoms with Gasteiger partial charge in [0.1, 0.15) is 5.41 Å². The largest absolute Gasteiger partial charge is 1.00 e. The standard InChI is InChI=1S/C11H18N2O3.C4H10O.C2H6O2.Na/c1-4-6-7(3)11(5-2)8(14)12-10(16)13-9(11)15;1-3-5-4-2;3-1-2-4;/h7H,4-6H2,1-3H3,(H2,12,13,14,15,16);3-4H2,1-2H3;3-4H,1-2H2;/q;;;+1/p-1. The molecule has 26 heavy (non-hydrogen) atoms. The van der Waals surface area contributed by atoms with E-state index in [-0.39, 0.29) is 48.7 Å². The van der Waals surface area contributed by atoms with E-state index in [1.54, 1.807) is 6.92 Å². The maximum atomic E-state index is 11.9. The molecule has 1 aliphatic heterocycles. The van der Waals surface area contributed by atoms with Gasteiger partial charge in [0.25, 0.3) is 5.91 Å². The molecule has 0 aromatic rings. The normalized spacial score (nSPS) is 19.6. The van der Waals surface area contributed by atoms with E-state index in [0.29, 0.717) is 6.42 Å². The molecule has 0 saturated heterocycles. The van der Waals surface area contributed by atoms with Gasteiger partial charge in [0, 0.05) is 13.2 Å². The number of amidine groups is 1. The molecule has 0 radical (unpaired) electrons. The van der Waals surface area contributed by atoms with Crippen molar-refractivity contribution in [1.29, 1.82) is 0 Å². The average molecular weight is 384 g/mol. The number of rotatable bonds is 7. The van der Waals surface area contributed by atoms with Crippen LogP contribution in [0.15, 0.2) is 4.99 Å². The van der Waals surface area contributed by atoms with Crippen LogP contribution in [0.3, 0.4) is 0 Å². The molecule has 0 fully saturated rings. The van der Waals surface area contributed by atoms with E-state index >= 15 is 0 Å². The fraction of sp³-hybridized carbons (Fsp3) is 0.824. The first-order valence-electron chi connectivity index (χ1n) is 8.73. The van der Waals surface area contributed by atoms with Crippen LogP contribution in [0.5, 0.6) is 0 Å². The molecule has 1 aliphatic rings. The summed E-state index contributed by atoms with van der Waals surface area (Å²) in [4.78, 5) is 27.1. The molecule has 148 valence electrons. The SMILES string of the molecule is CCCC(C)C1(CC)C(=O)N=C([O-])NC1=O.CCOCC.OCCO.[Na+]. The van der Waals surface area contributed by atoms with Gasteiger partial charge in [-0.25, -0.2) is 4.99 Å². The fourth-order valence-electron chi connectivity index (χ4n) is 2.50. The Morgan fingerprint density at radius 3 is 1.92 bits per heavy atom. The predicted octanol–water partition coefficient (Wildman–Crippen LogP) is -2.79. The summed E-state index contributed by atoms with van der Waals surface area (Å²) in [5.74, 6) is -1.20. The van der Waals surface area contributed by atoms with Gasteiger partial charge >= 0.3 is 29.6 Å². The van der Waals surface area contributed by atoms with Crippen LogP contribution in [0.4, 0.5) is 0 Å². The summed E-state index contributed by atoms with van der Waals surface area (Å²) in [6.45, 7) is 11.0. The molecule has 3 N–H and O–H groups in total. The predicted molar refractivity (Wildman–Crippen MR) is 93.7 cm³/mol. The molecular formula is C17H33N2NaO6. The molecule has 0 spiro atoms. The van der Waals surface area contributed by atoms with Crippen molar-refractivity contribution in [2.75, 3.05) is 26.4 Å². The second kappa shape index (κ2) is 17.9. The zero-order chi connectivity index (χ0) is 19.9. The van der Waals surface area contributed by atoms with E-state index in [0.717, 1.165) is 26.1 Å². The zero-order valence-corrected chi connectivity index (χ0v) is 19.0. The molecule has 0 saturated carbocycles. The van der Waals surface area contributed by atoms with Gasteiger partial charge in [0.05, 0.1) is 19.2 Å². The Morgan fingerprint density at radius 1 is 1.15 bits per heavy atom.